The standard InChI is InChI=1S/C15H21NO2/c1-11-4-5-14(12(2)8-11)16(3)9-13-10-18-7-6-15(13)17/h4-5,8,13H,6-7,9-10H2,1-3H3. The number of Topliss-reactive ketones (excluding diaryl/α,β-unsaturated/α-hetero) is 1. The Hall–Kier alpha value is -1.35. The third-order valence-electron chi connectivity index (χ3n) is 3.52. The number of carbonyl (C=O) groups is 1. The molecule has 0 aliphatic carbocycles. The number of hydrogen-bond acceptors (Lipinski definition) is 3. The van der Waals surface area contributed by atoms with Crippen LogP contribution in [0.3, 0.4) is 0 Å². The van der Waals surface area contributed by atoms with E-state index in [1.807, 2.05) is 7.05 Å². The summed E-state index contributed by atoms with van der Waals surface area (Å²) in [5.41, 5.74) is 3.71. The van der Waals surface area contributed by atoms with Gasteiger partial charge in [-0.25, -0.2) is 0 Å². The Balaban J connectivity index is 2.06. The van der Waals surface area contributed by atoms with Crippen molar-refractivity contribution >= 4 is 11.5 Å². The molecule has 0 amide bonds. The van der Waals surface area contributed by atoms with Gasteiger partial charge in [0.25, 0.3) is 0 Å². The molecule has 1 atom stereocenters. The van der Waals surface area contributed by atoms with Crippen LogP contribution in [0.2, 0.25) is 0 Å². The lowest BCUT2D eigenvalue weighted by atomic mass is 9.99. The van der Waals surface area contributed by atoms with Crippen molar-refractivity contribution in [2.75, 3.05) is 31.7 Å². The molecular formula is C15H21NO2. The van der Waals surface area contributed by atoms with Crippen molar-refractivity contribution in [3.8, 4) is 0 Å². The maximum Gasteiger partial charge on any atom is 0.142 e. The van der Waals surface area contributed by atoms with E-state index in [-0.39, 0.29) is 5.92 Å². The third kappa shape index (κ3) is 2.91. The lowest BCUT2D eigenvalue weighted by Gasteiger charge is -2.28. The van der Waals surface area contributed by atoms with Gasteiger partial charge in [-0.05, 0) is 25.5 Å². The molecule has 18 heavy (non-hydrogen) atoms. The van der Waals surface area contributed by atoms with Crippen LogP contribution < -0.4 is 4.90 Å². The average molecular weight is 247 g/mol. The van der Waals surface area contributed by atoms with Crippen molar-refractivity contribution in [1.82, 2.24) is 0 Å². The van der Waals surface area contributed by atoms with Gasteiger partial charge in [-0.1, -0.05) is 17.7 Å². The SMILES string of the molecule is Cc1ccc(N(C)CC2COCCC2=O)c(C)c1. The molecule has 0 N–H and O–H groups in total. The van der Waals surface area contributed by atoms with Crippen molar-refractivity contribution in [1.29, 1.82) is 0 Å². The van der Waals surface area contributed by atoms with Gasteiger partial charge in [-0.15, -0.1) is 0 Å². The van der Waals surface area contributed by atoms with Gasteiger partial charge in [-0.3, -0.25) is 4.79 Å². The number of ether oxygens (including phenoxy) is 1. The molecule has 1 aromatic carbocycles. The van der Waals surface area contributed by atoms with Crippen molar-refractivity contribution < 1.29 is 9.53 Å². The highest BCUT2D eigenvalue weighted by molar-refractivity contribution is 5.82. The Bertz CT molecular complexity index is 442. The second kappa shape index (κ2) is 5.53. The molecule has 1 heterocycles. The normalized spacial score (nSPS) is 19.9. The first kappa shape index (κ1) is 13.1. The molecule has 1 aromatic rings. The summed E-state index contributed by atoms with van der Waals surface area (Å²) in [4.78, 5) is 14.0. The number of benzene rings is 1. The quantitative estimate of drug-likeness (QED) is 0.821. The average Bonchev–Trinajstić information content (AvgIpc) is 2.32. The molecule has 3 heteroatoms. The minimum Gasteiger partial charge on any atom is -0.380 e. The molecule has 98 valence electrons. The van der Waals surface area contributed by atoms with Gasteiger partial charge in [0.05, 0.1) is 19.1 Å². The van der Waals surface area contributed by atoms with Gasteiger partial charge in [0, 0.05) is 25.7 Å². The van der Waals surface area contributed by atoms with E-state index in [1.54, 1.807) is 0 Å². The maximum atomic E-state index is 11.8. The number of anilines is 1. The van der Waals surface area contributed by atoms with Crippen molar-refractivity contribution in [2.24, 2.45) is 5.92 Å². The van der Waals surface area contributed by atoms with Crippen LogP contribution in [0.1, 0.15) is 17.5 Å². The van der Waals surface area contributed by atoms with Crippen LogP contribution in [0.15, 0.2) is 18.2 Å². The zero-order valence-corrected chi connectivity index (χ0v) is 11.4. The molecule has 0 radical (unpaired) electrons. The first-order valence-corrected chi connectivity index (χ1v) is 6.47. The molecule has 0 bridgehead atoms. The molecule has 0 saturated carbocycles. The highest BCUT2D eigenvalue weighted by Gasteiger charge is 2.24. The lowest BCUT2D eigenvalue weighted by molar-refractivity contribution is -0.129. The molecule has 3 nitrogen and oxygen atoms in total. The van der Waals surface area contributed by atoms with E-state index in [0.717, 1.165) is 6.54 Å². The van der Waals surface area contributed by atoms with Gasteiger partial charge < -0.3 is 9.64 Å². The molecule has 0 aromatic heterocycles. The van der Waals surface area contributed by atoms with E-state index in [0.29, 0.717) is 25.4 Å². The fourth-order valence-corrected chi connectivity index (χ4v) is 2.51. The Morgan fingerprint density at radius 3 is 2.83 bits per heavy atom. The smallest absolute Gasteiger partial charge is 0.142 e. The van der Waals surface area contributed by atoms with Gasteiger partial charge in [-0.2, -0.15) is 0 Å². The van der Waals surface area contributed by atoms with Gasteiger partial charge in [0.2, 0.25) is 0 Å². The minimum atomic E-state index is 0.0180. The second-order valence-electron chi connectivity index (χ2n) is 5.16. The highest BCUT2D eigenvalue weighted by atomic mass is 16.5. The second-order valence-corrected chi connectivity index (χ2v) is 5.16. The van der Waals surface area contributed by atoms with E-state index >= 15 is 0 Å². The van der Waals surface area contributed by atoms with Gasteiger partial charge in [0.1, 0.15) is 5.78 Å². The minimum absolute atomic E-state index is 0.0180. The van der Waals surface area contributed by atoms with Crippen LogP contribution in [-0.2, 0) is 9.53 Å². The van der Waals surface area contributed by atoms with E-state index < -0.39 is 0 Å². The predicted octanol–water partition coefficient (Wildman–Crippen LogP) is 2.35. The van der Waals surface area contributed by atoms with Crippen molar-refractivity contribution in [3.63, 3.8) is 0 Å². The zero-order valence-electron chi connectivity index (χ0n) is 11.4. The van der Waals surface area contributed by atoms with E-state index in [1.165, 1.54) is 16.8 Å². The van der Waals surface area contributed by atoms with E-state index in [9.17, 15) is 4.79 Å². The fourth-order valence-electron chi connectivity index (χ4n) is 2.51. The third-order valence-corrected chi connectivity index (χ3v) is 3.52. The molecule has 0 spiro atoms. The summed E-state index contributed by atoms with van der Waals surface area (Å²) in [6.45, 7) is 6.09. The summed E-state index contributed by atoms with van der Waals surface area (Å²) in [5.74, 6) is 0.349. The molecular weight excluding hydrogens is 226 g/mol. The highest BCUT2D eigenvalue weighted by Crippen LogP contribution is 2.22. The van der Waals surface area contributed by atoms with E-state index in [2.05, 4.69) is 36.9 Å². The monoisotopic (exact) mass is 247 g/mol. The summed E-state index contributed by atoms with van der Waals surface area (Å²) in [7, 11) is 2.04. The van der Waals surface area contributed by atoms with Crippen LogP contribution in [0.4, 0.5) is 5.69 Å². The van der Waals surface area contributed by atoms with Crippen LogP contribution >= 0.6 is 0 Å². The Kier molecular flexibility index (Phi) is 4.02. The summed E-state index contributed by atoms with van der Waals surface area (Å²) in [6.07, 6.45) is 0.561. The fraction of sp³-hybridized carbons (Fsp3) is 0.533. The summed E-state index contributed by atoms with van der Waals surface area (Å²) < 4.78 is 5.39. The molecule has 1 aliphatic heterocycles. The molecule has 2 rings (SSSR count). The summed E-state index contributed by atoms with van der Waals surface area (Å²) in [6, 6.07) is 6.40. The number of carbonyl (C=O) groups excluding carboxylic acids is 1. The molecule has 1 fully saturated rings. The predicted molar refractivity (Wildman–Crippen MR) is 73.1 cm³/mol. The Labute approximate surface area is 109 Å². The maximum absolute atomic E-state index is 11.8. The number of hydrogen-bond donors (Lipinski definition) is 0. The number of nitrogens with zero attached hydrogens (tertiary/aromatic N) is 1. The number of ketones is 1. The van der Waals surface area contributed by atoms with Crippen LogP contribution in [0, 0.1) is 19.8 Å². The van der Waals surface area contributed by atoms with Crippen LogP contribution in [0.25, 0.3) is 0 Å². The molecule has 1 unspecified atom stereocenters. The first-order valence-electron chi connectivity index (χ1n) is 6.47. The molecule has 1 saturated heterocycles. The van der Waals surface area contributed by atoms with Gasteiger partial charge in [0.15, 0.2) is 0 Å². The lowest BCUT2D eigenvalue weighted by Crippen LogP contribution is -2.37. The Morgan fingerprint density at radius 1 is 1.39 bits per heavy atom. The topological polar surface area (TPSA) is 29.5 Å². The largest absolute Gasteiger partial charge is 0.380 e. The number of rotatable bonds is 3. The van der Waals surface area contributed by atoms with Gasteiger partial charge >= 0.3 is 0 Å². The first-order chi connectivity index (χ1) is 8.58. The van der Waals surface area contributed by atoms with E-state index in [4.69, 9.17) is 4.74 Å². The van der Waals surface area contributed by atoms with Crippen LogP contribution in [-0.4, -0.2) is 32.6 Å². The van der Waals surface area contributed by atoms with Crippen molar-refractivity contribution in [2.45, 2.75) is 20.3 Å². The number of aryl methyl sites for hydroxylation is 2. The van der Waals surface area contributed by atoms with Crippen molar-refractivity contribution in [3.05, 3.63) is 29.3 Å². The zero-order chi connectivity index (χ0) is 13.1. The Morgan fingerprint density at radius 2 is 2.17 bits per heavy atom. The summed E-state index contributed by atoms with van der Waals surface area (Å²) in [5, 5.41) is 0. The summed E-state index contributed by atoms with van der Waals surface area (Å²) >= 11 is 0. The van der Waals surface area contributed by atoms with Crippen LogP contribution in [0.5, 0.6) is 0 Å². The molecule has 1 aliphatic rings.